The molecule has 4 aromatic rings. The fourth-order valence-electron chi connectivity index (χ4n) is 3.93. The molecular weight excluding hydrogens is 503 g/mol. The van der Waals surface area contributed by atoms with E-state index in [9.17, 15) is 4.79 Å². The average molecular weight is 522 g/mol. The number of nitrogens with one attached hydrogen (secondary N) is 1. The maximum atomic E-state index is 12.9. The predicted molar refractivity (Wildman–Crippen MR) is 142 cm³/mol. The highest BCUT2D eigenvalue weighted by molar-refractivity contribution is 6.44. The standard InChI is InChI=1S/C27H19Cl3N4O/c28-21-11-5-4-9-18(21)25-20-16-34(15-17-7-2-1-3-8-17)14-13-23(20)31-27(32-25)33-26(35)19-10-6-12-22(29)24(19)30/h1-14H,15-16H2,(H,31,32,33,35). The monoisotopic (exact) mass is 520 g/mol. The summed E-state index contributed by atoms with van der Waals surface area (Å²) in [5.74, 6) is -0.297. The first-order chi connectivity index (χ1) is 17.0. The molecule has 174 valence electrons. The first-order valence-corrected chi connectivity index (χ1v) is 12.0. The molecule has 0 saturated heterocycles. The first-order valence-electron chi connectivity index (χ1n) is 10.9. The predicted octanol–water partition coefficient (Wildman–Crippen LogP) is 7.34. The Morgan fingerprint density at radius 3 is 2.43 bits per heavy atom. The Hall–Kier alpha value is -3.38. The average Bonchev–Trinajstić information content (AvgIpc) is 2.86. The third kappa shape index (κ3) is 5.03. The molecule has 0 radical (unpaired) electrons. The van der Waals surface area contributed by atoms with Crippen LogP contribution in [0.3, 0.4) is 0 Å². The Morgan fingerprint density at radius 1 is 0.886 bits per heavy atom. The van der Waals surface area contributed by atoms with Gasteiger partial charge in [-0.05, 0) is 29.8 Å². The van der Waals surface area contributed by atoms with E-state index in [1.54, 1.807) is 18.2 Å². The molecule has 1 aliphatic heterocycles. The summed E-state index contributed by atoms with van der Waals surface area (Å²) in [5.41, 5.74) is 4.50. The number of benzene rings is 3. The molecule has 1 amide bonds. The van der Waals surface area contributed by atoms with E-state index in [1.165, 1.54) is 5.56 Å². The lowest BCUT2D eigenvalue weighted by Crippen LogP contribution is -2.23. The number of aromatic nitrogens is 2. The minimum absolute atomic E-state index is 0.154. The van der Waals surface area contributed by atoms with Gasteiger partial charge < -0.3 is 4.90 Å². The highest BCUT2D eigenvalue weighted by Gasteiger charge is 2.22. The molecule has 8 heteroatoms. The molecule has 0 unspecified atom stereocenters. The molecule has 0 fully saturated rings. The summed E-state index contributed by atoms with van der Waals surface area (Å²) in [7, 11) is 0. The molecule has 5 nitrogen and oxygen atoms in total. The van der Waals surface area contributed by atoms with Crippen molar-refractivity contribution in [1.29, 1.82) is 0 Å². The van der Waals surface area contributed by atoms with E-state index < -0.39 is 5.91 Å². The summed E-state index contributed by atoms with van der Waals surface area (Å²) in [6, 6.07) is 22.6. The van der Waals surface area contributed by atoms with Crippen molar-refractivity contribution < 1.29 is 4.79 Å². The Morgan fingerprint density at radius 2 is 1.63 bits per heavy atom. The Balaban J connectivity index is 1.52. The Bertz CT molecular complexity index is 1440. The first kappa shape index (κ1) is 23.4. The van der Waals surface area contributed by atoms with Gasteiger partial charge >= 0.3 is 0 Å². The highest BCUT2D eigenvalue weighted by atomic mass is 35.5. The molecule has 2 heterocycles. The van der Waals surface area contributed by atoms with Gasteiger partial charge in [-0.25, -0.2) is 9.97 Å². The maximum Gasteiger partial charge on any atom is 0.259 e. The molecule has 0 spiro atoms. The fourth-order valence-corrected chi connectivity index (χ4v) is 4.54. The third-order valence-electron chi connectivity index (χ3n) is 5.62. The minimum Gasteiger partial charge on any atom is -0.369 e. The van der Waals surface area contributed by atoms with Gasteiger partial charge in [-0.2, -0.15) is 0 Å². The van der Waals surface area contributed by atoms with Crippen molar-refractivity contribution >= 4 is 52.7 Å². The van der Waals surface area contributed by atoms with Crippen LogP contribution in [0.5, 0.6) is 0 Å². The van der Waals surface area contributed by atoms with Crippen LogP contribution in [-0.4, -0.2) is 20.8 Å². The van der Waals surface area contributed by atoms with Crippen LogP contribution < -0.4 is 5.32 Å². The van der Waals surface area contributed by atoms with Crippen molar-refractivity contribution in [1.82, 2.24) is 14.9 Å². The normalized spacial score (nSPS) is 12.4. The number of nitrogens with zero attached hydrogens (tertiary/aromatic N) is 3. The smallest absolute Gasteiger partial charge is 0.259 e. The van der Waals surface area contributed by atoms with E-state index in [1.807, 2.05) is 54.7 Å². The van der Waals surface area contributed by atoms with Gasteiger partial charge in [0, 0.05) is 35.4 Å². The molecule has 0 saturated carbocycles. The number of hydrogen-bond acceptors (Lipinski definition) is 4. The number of halogens is 3. The maximum absolute atomic E-state index is 12.9. The number of rotatable bonds is 5. The van der Waals surface area contributed by atoms with Gasteiger partial charge in [0.1, 0.15) is 0 Å². The largest absolute Gasteiger partial charge is 0.369 e. The van der Waals surface area contributed by atoms with Crippen LogP contribution in [0.15, 0.2) is 79.0 Å². The second-order valence-corrected chi connectivity index (χ2v) is 9.19. The van der Waals surface area contributed by atoms with Gasteiger partial charge in [0.2, 0.25) is 5.95 Å². The summed E-state index contributed by atoms with van der Waals surface area (Å²) < 4.78 is 0. The summed E-state index contributed by atoms with van der Waals surface area (Å²) >= 11 is 18.9. The van der Waals surface area contributed by atoms with Crippen molar-refractivity contribution in [2.45, 2.75) is 13.1 Å². The van der Waals surface area contributed by atoms with Crippen LogP contribution in [0.25, 0.3) is 17.3 Å². The summed E-state index contributed by atoms with van der Waals surface area (Å²) in [6.45, 7) is 1.33. The lowest BCUT2D eigenvalue weighted by atomic mass is 10.0. The molecule has 0 aliphatic carbocycles. The lowest BCUT2D eigenvalue weighted by molar-refractivity contribution is 0.102. The van der Waals surface area contributed by atoms with Crippen LogP contribution in [-0.2, 0) is 13.1 Å². The zero-order valence-electron chi connectivity index (χ0n) is 18.4. The topological polar surface area (TPSA) is 58.1 Å². The third-order valence-corrected chi connectivity index (χ3v) is 6.77. The van der Waals surface area contributed by atoms with E-state index in [0.29, 0.717) is 28.0 Å². The molecule has 5 rings (SSSR count). The molecule has 1 aliphatic rings. The molecule has 3 aromatic carbocycles. The summed E-state index contributed by atoms with van der Waals surface area (Å²) in [5, 5.41) is 3.79. The molecule has 35 heavy (non-hydrogen) atoms. The second kappa shape index (κ2) is 10.1. The van der Waals surface area contributed by atoms with Crippen LogP contribution in [0.2, 0.25) is 15.1 Å². The van der Waals surface area contributed by atoms with E-state index in [0.717, 1.165) is 17.7 Å². The van der Waals surface area contributed by atoms with Gasteiger partial charge in [-0.1, -0.05) is 89.4 Å². The minimum atomic E-state index is -0.451. The number of hydrogen-bond donors (Lipinski definition) is 1. The van der Waals surface area contributed by atoms with Crippen LogP contribution in [0.1, 0.15) is 27.2 Å². The lowest BCUT2D eigenvalue weighted by Gasteiger charge is -2.27. The van der Waals surface area contributed by atoms with Gasteiger partial charge in [0.25, 0.3) is 5.91 Å². The summed E-state index contributed by atoms with van der Waals surface area (Å²) in [6.07, 6.45) is 3.92. The zero-order valence-corrected chi connectivity index (χ0v) is 20.6. The fraction of sp³-hybridized carbons (Fsp3) is 0.0741. The van der Waals surface area contributed by atoms with Gasteiger partial charge in [0.15, 0.2) is 0 Å². The number of carbonyl (C=O) groups is 1. The zero-order chi connectivity index (χ0) is 24.4. The molecule has 0 atom stereocenters. The van der Waals surface area contributed by atoms with Gasteiger partial charge in [0.05, 0.1) is 27.0 Å². The number of anilines is 1. The van der Waals surface area contributed by atoms with Crippen molar-refractivity contribution in [2.24, 2.45) is 0 Å². The van der Waals surface area contributed by atoms with Crippen molar-refractivity contribution in [3.8, 4) is 11.3 Å². The number of amides is 1. The quantitative estimate of drug-likeness (QED) is 0.298. The number of carbonyl (C=O) groups excluding carboxylic acids is 1. The van der Waals surface area contributed by atoms with Gasteiger partial charge in [-0.15, -0.1) is 0 Å². The van der Waals surface area contributed by atoms with Crippen molar-refractivity contribution in [2.75, 3.05) is 5.32 Å². The Labute approximate surface area is 218 Å². The van der Waals surface area contributed by atoms with Crippen molar-refractivity contribution in [3.63, 3.8) is 0 Å². The molecular formula is C27H19Cl3N4O. The van der Waals surface area contributed by atoms with Gasteiger partial charge in [-0.3, -0.25) is 10.1 Å². The second-order valence-electron chi connectivity index (χ2n) is 8.00. The van der Waals surface area contributed by atoms with Crippen LogP contribution in [0, 0.1) is 0 Å². The Kier molecular flexibility index (Phi) is 6.73. The van der Waals surface area contributed by atoms with E-state index >= 15 is 0 Å². The van der Waals surface area contributed by atoms with E-state index in [4.69, 9.17) is 39.8 Å². The van der Waals surface area contributed by atoms with Crippen LogP contribution >= 0.6 is 34.8 Å². The van der Waals surface area contributed by atoms with E-state index in [-0.39, 0.29) is 16.5 Å². The SMILES string of the molecule is O=C(Nc1nc2c(c(-c3ccccc3Cl)n1)CN(Cc1ccccc1)C=C2)c1cccc(Cl)c1Cl. The molecule has 0 bridgehead atoms. The summed E-state index contributed by atoms with van der Waals surface area (Å²) in [4.78, 5) is 24.4. The van der Waals surface area contributed by atoms with Crippen molar-refractivity contribution in [3.05, 3.63) is 116 Å². The highest BCUT2D eigenvalue weighted by Crippen LogP contribution is 2.34. The van der Waals surface area contributed by atoms with E-state index in [2.05, 4.69) is 27.3 Å². The number of fused-ring (bicyclic) bond motifs is 1. The molecule has 1 aromatic heterocycles. The molecule has 1 N–H and O–H groups in total. The van der Waals surface area contributed by atoms with Crippen LogP contribution in [0.4, 0.5) is 5.95 Å².